The summed E-state index contributed by atoms with van der Waals surface area (Å²) in [7, 11) is 0. The lowest BCUT2D eigenvalue weighted by atomic mass is 10.1. The van der Waals surface area contributed by atoms with Gasteiger partial charge in [-0.2, -0.15) is 5.10 Å². The Morgan fingerprint density at radius 2 is 1.86 bits per heavy atom. The van der Waals surface area contributed by atoms with Crippen LogP contribution in [0.2, 0.25) is 0 Å². The summed E-state index contributed by atoms with van der Waals surface area (Å²) in [6.45, 7) is 1.95. The Kier molecular flexibility index (Phi) is 3.14. The highest BCUT2D eigenvalue weighted by molar-refractivity contribution is 9.10. The van der Waals surface area contributed by atoms with Crippen molar-refractivity contribution in [2.75, 3.05) is 18.0 Å². The first-order valence-electron chi connectivity index (χ1n) is 7.03. The lowest BCUT2D eigenvalue weighted by Gasteiger charge is -2.32. The molecule has 0 aliphatic carbocycles. The van der Waals surface area contributed by atoms with E-state index in [1.807, 2.05) is 41.6 Å². The predicted molar refractivity (Wildman–Crippen MR) is 83.4 cm³/mol. The summed E-state index contributed by atoms with van der Waals surface area (Å²) in [6.07, 6.45) is 13.6. The van der Waals surface area contributed by atoms with E-state index in [2.05, 4.69) is 40.6 Å². The predicted octanol–water partition coefficient (Wildman–Crippen LogP) is 2.53. The molecule has 0 spiro atoms. The summed E-state index contributed by atoms with van der Waals surface area (Å²) >= 11 is 3.46. The van der Waals surface area contributed by atoms with Crippen molar-refractivity contribution in [2.45, 2.75) is 18.9 Å². The van der Waals surface area contributed by atoms with Crippen LogP contribution in [0.1, 0.15) is 18.9 Å². The van der Waals surface area contributed by atoms with Crippen molar-refractivity contribution in [3.63, 3.8) is 0 Å². The van der Waals surface area contributed by atoms with E-state index in [0.717, 1.165) is 41.9 Å². The average molecular weight is 347 g/mol. The second kappa shape index (κ2) is 5.14. The molecule has 4 rings (SSSR count). The maximum Gasteiger partial charge on any atom is 0.180 e. The number of halogens is 1. The largest absolute Gasteiger partial charge is 0.353 e. The molecule has 1 aliphatic rings. The van der Waals surface area contributed by atoms with E-state index in [1.165, 1.54) is 0 Å². The fraction of sp³-hybridized carbons (Fsp3) is 0.357. The van der Waals surface area contributed by atoms with E-state index < -0.39 is 0 Å². The smallest absolute Gasteiger partial charge is 0.180 e. The summed E-state index contributed by atoms with van der Waals surface area (Å²) in [5.74, 6) is 0.975. The SMILES string of the molecule is Brc1cnn(C2CCN(c3nccn4ccnc34)CC2)c1. The lowest BCUT2D eigenvalue weighted by Crippen LogP contribution is -2.35. The van der Waals surface area contributed by atoms with Crippen molar-refractivity contribution in [3.05, 3.63) is 41.7 Å². The van der Waals surface area contributed by atoms with E-state index in [0.29, 0.717) is 6.04 Å². The Bertz CT molecular complexity index is 756. The van der Waals surface area contributed by atoms with Crippen LogP contribution in [0.25, 0.3) is 5.65 Å². The van der Waals surface area contributed by atoms with Gasteiger partial charge in [-0.15, -0.1) is 0 Å². The Morgan fingerprint density at radius 3 is 2.57 bits per heavy atom. The number of imidazole rings is 1. The van der Waals surface area contributed by atoms with Crippen molar-refractivity contribution >= 4 is 27.4 Å². The van der Waals surface area contributed by atoms with Crippen LogP contribution in [-0.4, -0.2) is 37.2 Å². The molecule has 3 aromatic heterocycles. The van der Waals surface area contributed by atoms with E-state index in [-0.39, 0.29) is 0 Å². The van der Waals surface area contributed by atoms with Crippen molar-refractivity contribution < 1.29 is 0 Å². The van der Waals surface area contributed by atoms with Crippen molar-refractivity contribution in [2.24, 2.45) is 0 Å². The maximum absolute atomic E-state index is 4.52. The van der Waals surface area contributed by atoms with Gasteiger partial charge in [-0.1, -0.05) is 0 Å². The number of fused-ring (bicyclic) bond motifs is 1. The van der Waals surface area contributed by atoms with Gasteiger partial charge in [0.15, 0.2) is 11.5 Å². The Balaban J connectivity index is 1.53. The highest BCUT2D eigenvalue weighted by Gasteiger charge is 2.23. The molecule has 0 amide bonds. The second-order valence-electron chi connectivity index (χ2n) is 5.27. The summed E-state index contributed by atoms with van der Waals surface area (Å²) in [6, 6.07) is 0.465. The third-order valence-electron chi connectivity index (χ3n) is 4.00. The zero-order valence-electron chi connectivity index (χ0n) is 11.4. The number of piperidine rings is 1. The molecule has 7 heteroatoms. The minimum Gasteiger partial charge on any atom is -0.353 e. The maximum atomic E-state index is 4.52. The van der Waals surface area contributed by atoms with Crippen LogP contribution in [0.4, 0.5) is 5.82 Å². The molecule has 108 valence electrons. The van der Waals surface area contributed by atoms with Crippen LogP contribution < -0.4 is 4.90 Å². The molecule has 1 saturated heterocycles. The molecule has 0 saturated carbocycles. The summed E-state index contributed by atoms with van der Waals surface area (Å²) in [5, 5.41) is 4.40. The summed E-state index contributed by atoms with van der Waals surface area (Å²) in [4.78, 5) is 11.2. The summed E-state index contributed by atoms with van der Waals surface area (Å²) < 4.78 is 5.11. The molecule has 6 nitrogen and oxygen atoms in total. The first-order chi connectivity index (χ1) is 10.3. The van der Waals surface area contributed by atoms with Crippen molar-refractivity contribution in [1.82, 2.24) is 24.1 Å². The third-order valence-corrected chi connectivity index (χ3v) is 4.41. The van der Waals surface area contributed by atoms with Gasteiger partial charge in [0.05, 0.1) is 16.7 Å². The van der Waals surface area contributed by atoms with Gasteiger partial charge in [0.25, 0.3) is 0 Å². The van der Waals surface area contributed by atoms with Gasteiger partial charge in [-0.25, -0.2) is 9.97 Å². The van der Waals surface area contributed by atoms with Crippen LogP contribution in [0, 0.1) is 0 Å². The quantitative estimate of drug-likeness (QED) is 0.715. The number of anilines is 1. The van der Waals surface area contributed by atoms with Crippen LogP contribution >= 0.6 is 15.9 Å². The molecule has 0 N–H and O–H groups in total. The molecule has 0 bridgehead atoms. The molecule has 1 fully saturated rings. The van der Waals surface area contributed by atoms with E-state index in [1.54, 1.807) is 0 Å². The van der Waals surface area contributed by atoms with Crippen LogP contribution in [-0.2, 0) is 0 Å². The molecule has 0 aromatic carbocycles. The second-order valence-corrected chi connectivity index (χ2v) is 6.18. The molecule has 3 aromatic rings. The molecule has 4 heterocycles. The standard InChI is InChI=1S/C14H15BrN6/c15-11-9-18-21(10-11)12-1-5-19(6-2-12)13-14-17-4-8-20(14)7-3-16-13/h3-4,7-10,12H,1-2,5-6H2. The van der Waals surface area contributed by atoms with Gasteiger partial charge in [-0.3, -0.25) is 4.68 Å². The number of aromatic nitrogens is 5. The minimum absolute atomic E-state index is 0.465. The minimum atomic E-state index is 0.465. The fourth-order valence-corrected chi connectivity index (χ4v) is 3.22. The van der Waals surface area contributed by atoms with Crippen molar-refractivity contribution in [1.29, 1.82) is 0 Å². The number of rotatable bonds is 2. The zero-order chi connectivity index (χ0) is 14.2. The molecular formula is C14H15BrN6. The molecular weight excluding hydrogens is 332 g/mol. The van der Waals surface area contributed by atoms with Gasteiger partial charge >= 0.3 is 0 Å². The first-order valence-corrected chi connectivity index (χ1v) is 7.83. The normalized spacial score (nSPS) is 16.7. The Morgan fingerprint density at radius 1 is 1.10 bits per heavy atom. The Hall–Kier alpha value is -1.89. The lowest BCUT2D eigenvalue weighted by molar-refractivity contribution is 0.366. The average Bonchev–Trinajstić information content (AvgIpc) is 3.15. The van der Waals surface area contributed by atoms with Gasteiger partial charge in [0, 0.05) is 44.1 Å². The number of hydrogen-bond acceptors (Lipinski definition) is 4. The third kappa shape index (κ3) is 2.31. The topological polar surface area (TPSA) is 51.2 Å². The van der Waals surface area contributed by atoms with Crippen LogP contribution in [0.3, 0.4) is 0 Å². The van der Waals surface area contributed by atoms with E-state index >= 15 is 0 Å². The molecule has 0 atom stereocenters. The van der Waals surface area contributed by atoms with E-state index in [9.17, 15) is 0 Å². The zero-order valence-corrected chi connectivity index (χ0v) is 13.0. The van der Waals surface area contributed by atoms with Crippen LogP contribution in [0.5, 0.6) is 0 Å². The molecule has 21 heavy (non-hydrogen) atoms. The monoisotopic (exact) mass is 346 g/mol. The fourth-order valence-electron chi connectivity index (χ4n) is 2.92. The van der Waals surface area contributed by atoms with Gasteiger partial charge in [0.1, 0.15) is 0 Å². The number of hydrogen-bond donors (Lipinski definition) is 0. The van der Waals surface area contributed by atoms with E-state index in [4.69, 9.17) is 0 Å². The number of nitrogens with zero attached hydrogens (tertiary/aromatic N) is 6. The van der Waals surface area contributed by atoms with Gasteiger partial charge in [-0.05, 0) is 28.8 Å². The Labute approximate surface area is 130 Å². The first kappa shape index (κ1) is 12.8. The van der Waals surface area contributed by atoms with Gasteiger partial charge < -0.3 is 9.30 Å². The van der Waals surface area contributed by atoms with Crippen LogP contribution in [0.15, 0.2) is 41.7 Å². The van der Waals surface area contributed by atoms with Gasteiger partial charge in [0.2, 0.25) is 0 Å². The highest BCUT2D eigenvalue weighted by atomic mass is 79.9. The summed E-state index contributed by atoms with van der Waals surface area (Å²) in [5.41, 5.74) is 0.929. The highest BCUT2D eigenvalue weighted by Crippen LogP contribution is 2.27. The van der Waals surface area contributed by atoms with Crippen molar-refractivity contribution in [3.8, 4) is 0 Å². The molecule has 0 radical (unpaired) electrons. The molecule has 0 unspecified atom stereocenters. The molecule has 1 aliphatic heterocycles.